The molecule has 1 aromatic rings. The lowest BCUT2D eigenvalue weighted by molar-refractivity contribution is -0.528. The molecule has 1 aliphatic carbocycles. The summed E-state index contributed by atoms with van der Waals surface area (Å²) in [5.41, 5.74) is 0.712. The standard InChI is InChI=1S/C11H11ClN2O3/c12-11-4-1-7(6-13-11)9-5-8(15)2-3-10(9)14(16)17/h1,4,6,9-10H,2-3,5H2. The predicted octanol–water partition coefficient (Wildman–Crippen LogP) is 2.22. The van der Waals surface area contributed by atoms with Gasteiger partial charge in [-0.05, 0) is 11.6 Å². The highest BCUT2D eigenvalue weighted by molar-refractivity contribution is 6.29. The van der Waals surface area contributed by atoms with E-state index in [1.54, 1.807) is 12.1 Å². The molecule has 2 atom stereocenters. The van der Waals surface area contributed by atoms with Gasteiger partial charge in [0.25, 0.3) is 0 Å². The molecular formula is C11H11ClN2O3. The molecule has 0 amide bonds. The Morgan fingerprint density at radius 1 is 1.47 bits per heavy atom. The number of carbonyl (C=O) groups excluding carboxylic acids is 1. The largest absolute Gasteiger partial charge is 0.300 e. The van der Waals surface area contributed by atoms with Gasteiger partial charge in [-0.1, -0.05) is 17.7 Å². The highest BCUT2D eigenvalue weighted by Crippen LogP contribution is 2.32. The van der Waals surface area contributed by atoms with Crippen molar-refractivity contribution >= 4 is 17.4 Å². The van der Waals surface area contributed by atoms with Crippen LogP contribution in [-0.4, -0.2) is 21.7 Å². The van der Waals surface area contributed by atoms with Crippen LogP contribution in [0.4, 0.5) is 0 Å². The first-order chi connectivity index (χ1) is 8.08. The van der Waals surface area contributed by atoms with Crippen molar-refractivity contribution in [3.63, 3.8) is 0 Å². The molecule has 0 saturated heterocycles. The summed E-state index contributed by atoms with van der Waals surface area (Å²) >= 11 is 5.67. The SMILES string of the molecule is O=C1CCC([N+](=O)[O-])C(c2ccc(Cl)nc2)C1. The lowest BCUT2D eigenvalue weighted by atomic mass is 9.80. The van der Waals surface area contributed by atoms with Gasteiger partial charge in [0.15, 0.2) is 0 Å². The number of hydrogen-bond acceptors (Lipinski definition) is 4. The first kappa shape index (κ1) is 12.0. The van der Waals surface area contributed by atoms with E-state index in [2.05, 4.69) is 4.98 Å². The van der Waals surface area contributed by atoms with Crippen molar-refractivity contribution in [3.8, 4) is 0 Å². The molecule has 5 nitrogen and oxygen atoms in total. The van der Waals surface area contributed by atoms with Gasteiger partial charge in [-0.25, -0.2) is 4.98 Å². The van der Waals surface area contributed by atoms with E-state index in [0.29, 0.717) is 23.6 Å². The number of nitro groups is 1. The number of ketones is 1. The number of Topliss-reactive ketones (excluding diaryl/α,β-unsaturated/α-hetero) is 1. The Labute approximate surface area is 103 Å². The zero-order chi connectivity index (χ0) is 12.4. The quantitative estimate of drug-likeness (QED) is 0.461. The fraction of sp³-hybridized carbons (Fsp3) is 0.455. The number of pyridine rings is 1. The molecule has 1 saturated carbocycles. The van der Waals surface area contributed by atoms with Crippen LogP contribution in [0.3, 0.4) is 0 Å². The van der Waals surface area contributed by atoms with E-state index in [9.17, 15) is 14.9 Å². The van der Waals surface area contributed by atoms with E-state index in [0.717, 1.165) is 0 Å². The van der Waals surface area contributed by atoms with Crippen molar-refractivity contribution in [2.24, 2.45) is 0 Å². The number of halogens is 1. The molecule has 1 heterocycles. The second-order valence-corrected chi connectivity index (χ2v) is 4.54. The van der Waals surface area contributed by atoms with Crippen molar-refractivity contribution in [3.05, 3.63) is 39.2 Å². The van der Waals surface area contributed by atoms with Crippen LogP contribution < -0.4 is 0 Å². The van der Waals surface area contributed by atoms with Crippen LogP contribution in [0.1, 0.15) is 30.7 Å². The summed E-state index contributed by atoms with van der Waals surface area (Å²) < 4.78 is 0. The monoisotopic (exact) mass is 254 g/mol. The van der Waals surface area contributed by atoms with Gasteiger partial charge in [0.05, 0.1) is 5.92 Å². The smallest absolute Gasteiger partial charge is 0.220 e. The second-order valence-electron chi connectivity index (χ2n) is 4.15. The maximum absolute atomic E-state index is 11.4. The fourth-order valence-corrected chi connectivity index (χ4v) is 2.30. The number of aromatic nitrogens is 1. The molecule has 0 aliphatic heterocycles. The minimum Gasteiger partial charge on any atom is -0.300 e. The lowest BCUT2D eigenvalue weighted by Crippen LogP contribution is -2.34. The van der Waals surface area contributed by atoms with E-state index < -0.39 is 6.04 Å². The van der Waals surface area contributed by atoms with Crippen LogP contribution in [0.2, 0.25) is 5.15 Å². The number of nitrogens with zero attached hydrogens (tertiary/aromatic N) is 2. The summed E-state index contributed by atoms with van der Waals surface area (Å²) in [7, 11) is 0. The molecule has 0 aromatic carbocycles. The Bertz CT molecular complexity index is 447. The van der Waals surface area contributed by atoms with Crippen LogP contribution in [0.5, 0.6) is 0 Å². The maximum Gasteiger partial charge on any atom is 0.220 e. The zero-order valence-corrected chi connectivity index (χ0v) is 9.76. The second kappa shape index (κ2) is 4.79. The van der Waals surface area contributed by atoms with Gasteiger partial charge in [0, 0.05) is 30.4 Å². The van der Waals surface area contributed by atoms with Gasteiger partial charge in [-0.2, -0.15) is 0 Å². The first-order valence-electron chi connectivity index (χ1n) is 5.34. The number of hydrogen-bond donors (Lipinski definition) is 0. The van der Waals surface area contributed by atoms with Gasteiger partial charge < -0.3 is 0 Å². The Morgan fingerprint density at radius 3 is 2.82 bits per heavy atom. The van der Waals surface area contributed by atoms with Crippen LogP contribution in [0.15, 0.2) is 18.3 Å². The highest BCUT2D eigenvalue weighted by Gasteiger charge is 2.38. The normalized spacial score (nSPS) is 24.6. The average Bonchev–Trinajstić information content (AvgIpc) is 2.29. The van der Waals surface area contributed by atoms with Gasteiger partial charge in [0.1, 0.15) is 10.9 Å². The van der Waals surface area contributed by atoms with Crippen molar-refractivity contribution < 1.29 is 9.72 Å². The summed E-state index contributed by atoms with van der Waals surface area (Å²) in [5, 5.41) is 11.3. The Morgan fingerprint density at radius 2 is 2.24 bits per heavy atom. The third-order valence-electron chi connectivity index (χ3n) is 3.08. The summed E-state index contributed by atoms with van der Waals surface area (Å²) in [6, 6.07) is 2.60. The third kappa shape index (κ3) is 2.61. The third-order valence-corrected chi connectivity index (χ3v) is 3.30. The first-order valence-corrected chi connectivity index (χ1v) is 5.72. The molecular weight excluding hydrogens is 244 g/mol. The van der Waals surface area contributed by atoms with Gasteiger partial charge in [0.2, 0.25) is 6.04 Å². The van der Waals surface area contributed by atoms with E-state index in [4.69, 9.17) is 11.6 Å². The Hall–Kier alpha value is -1.49. The van der Waals surface area contributed by atoms with E-state index in [1.165, 1.54) is 6.20 Å². The molecule has 17 heavy (non-hydrogen) atoms. The van der Waals surface area contributed by atoms with Crippen LogP contribution >= 0.6 is 11.6 Å². The van der Waals surface area contributed by atoms with E-state index >= 15 is 0 Å². The summed E-state index contributed by atoms with van der Waals surface area (Å²) in [4.78, 5) is 26.0. The number of rotatable bonds is 2. The fourth-order valence-electron chi connectivity index (χ4n) is 2.19. The summed E-state index contributed by atoms with van der Waals surface area (Å²) in [6.45, 7) is 0. The predicted molar refractivity (Wildman–Crippen MR) is 61.6 cm³/mol. The lowest BCUT2D eigenvalue weighted by Gasteiger charge is -2.24. The zero-order valence-electron chi connectivity index (χ0n) is 9.01. The van der Waals surface area contributed by atoms with E-state index in [1.807, 2.05) is 0 Å². The highest BCUT2D eigenvalue weighted by atomic mass is 35.5. The van der Waals surface area contributed by atoms with Gasteiger partial charge in [-0.3, -0.25) is 14.9 Å². The van der Waals surface area contributed by atoms with Gasteiger partial charge >= 0.3 is 0 Å². The molecule has 1 aromatic heterocycles. The minimum absolute atomic E-state index is 0.0723. The van der Waals surface area contributed by atoms with Crippen LogP contribution in [0, 0.1) is 10.1 Å². The van der Waals surface area contributed by atoms with Crippen molar-refractivity contribution in [2.45, 2.75) is 31.2 Å². The summed E-state index contributed by atoms with van der Waals surface area (Å²) in [6.07, 6.45) is 2.33. The van der Waals surface area contributed by atoms with E-state index in [-0.39, 0.29) is 23.0 Å². The molecule has 90 valence electrons. The minimum atomic E-state index is -0.698. The summed E-state index contributed by atoms with van der Waals surface area (Å²) in [5.74, 6) is -0.306. The molecule has 0 radical (unpaired) electrons. The Balaban J connectivity index is 2.28. The van der Waals surface area contributed by atoms with Crippen molar-refractivity contribution in [2.75, 3.05) is 0 Å². The molecule has 2 unspecified atom stereocenters. The van der Waals surface area contributed by atoms with Gasteiger partial charge in [-0.15, -0.1) is 0 Å². The van der Waals surface area contributed by atoms with Crippen LogP contribution in [0.25, 0.3) is 0 Å². The molecule has 0 bridgehead atoms. The van der Waals surface area contributed by atoms with Crippen molar-refractivity contribution in [1.29, 1.82) is 0 Å². The molecule has 1 aliphatic rings. The average molecular weight is 255 g/mol. The number of carbonyl (C=O) groups is 1. The molecule has 2 rings (SSSR count). The Kier molecular flexibility index (Phi) is 3.38. The molecule has 6 heteroatoms. The van der Waals surface area contributed by atoms with Crippen LogP contribution in [-0.2, 0) is 4.79 Å². The topological polar surface area (TPSA) is 73.1 Å². The molecule has 0 spiro atoms. The maximum atomic E-state index is 11.4. The molecule has 0 N–H and O–H groups in total. The molecule has 1 fully saturated rings. The van der Waals surface area contributed by atoms with Crippen molar-refractivity contribution in [1.82, 2.24) is 4.98 Å².